The zero-order chi connectivity index (χ0) is 9.97. The van der Waals surface area contributed by atoms with Crippen LogP contribution in [0.3, 0.4) is 0 Å². The molecule has 0 radical (unpaired) electrons. The van der Waals surface area contributed by atoms with E-state index in [2.05, 4.69) is 30.9 Å². The molecule has 0 aliphatic rings. The molecule has 0 saturated heterocycles. The molecule has 4 nitrogen and oxygen atoms in total. The average Bonchev–Trinajstić information content (AvgIpc) is 2.23. The summed E-state index contributed by atoms with van der Waals surface area (Å²) in [6.07, 6.45) is 4.75. The second-order valence-corrected chi connectivity index (χ2v) is 3.45. The molecule has 0 atom stereocenters. The minimum Gasteiger partial charge on any atom is -0.325 e. The summed E-state index contributed by atoms with van der Waals surface area (Å²) in [5, 5.41) is 0. The lowest BCUT2D eigenvalue weighted by Crippen LogP contribution is -2.10. The number of nitrogens with zero attached hydrogens (tertiary/aromatic N) is 2. The van der Waals surface area contributed by atoms with Crippen LogP contribution in [-0.2, 0) is 0 Å². The van der Waals surface area contributed by atoms with Crippen LogP contribution in [0.15, 0.2) is 40.1 Å². The van der Waals surface area contributed by atoms with E-state index in [0.717, 1.165) is 5.56 Å². The van der Waals surface area contributed by atoms with Crippen molar-refractivity contribution >= 4 is 15.9 Å². The molecule has 2 heterocycles. The minimum absolute atomic E-state index is 0.209. The maximum Gasteiger partial charge on any atom is 0.274 e. The van der Waals surface area contributed by atoms with Gasteiger partial charge in [0.05, 0.1) is 0 Å². The molecular formula is C9H6BrN3O. The van der Waals surface area contributed by atoms with Crippen molar-refractivity contribution in [2.45, 2.75) is 0 Å². The third-order valence-corrected chi connectivity index (χ3v) is 2.12. The molecular weight excluding hydrogens is 246 g/mol. The lowest BCUT2D eigenvalue weighted by molar-refractivity contribution is 1.11. The smallest absolute Gasteiger partial charge is 0.274 e. The molecule has 14 heavy (non-hydrogen) atoms. The molecule has 0 spiro atoms. The van der Waals surface area contributed by atoms with Crippen molar-refractivity contribution in [3.63, 3.8) is 0 Å². The van der Waals surface area contributed by atoms with Crippen molar-refractivity contribution in [3.8, 4) is 11.3 Å². The van der Waals surface area contributed by atoms with Crippen molar-refractivity contribution in [3.05, 3.63) is 45.7 Å². The Balaban J connectivity index is 2.63. The summed E-state index contributed by atoms with van der Waals surface area (Å²) in [5.41, 5.74) is 0.934. The number of pyridine rings is 1. The third kappa shape index (κ3) is 1.72. The Hall–Kier alpha value is -1.49. The van der Waals surface area contributed by atoms with Gasteiger partial charge < -0.3 is 4.98 Å². The minimum atomic E-state index is -0.209. The number of aromatic nitrogens is 3. The summed E-state index contributed by atoms with van der Waals surface area (Å²) in [5.74, 6) is 0. The first-order valence-corrected chi connectivity index (χ1v) is 4.72. The first-order valence-electron chi connectivity index (χ1n) is 3.93. The Labute approximate surface area is 88.2 Å². The topological polar surface area (TPSA) is 58.6 Å². The fourth-order valence-corrected chi connectivity index (χ4v) is 1.38. The number of halogens is 1. The Bertz CT molecular complexity index is 495. The Morgan fingerprint density at radius 1 is 1.29 bits per heavy atom. The number of H-pyrrole nitrogens is 1. The van der Waals surface area contributed by atoms with E-state index < -0.39 is 0 Å². The van der Waals surface area contributed by atoms with Crippen LogP contribution >= 0.6 is 15.9 Å². The molecule has 1 N–H and O–H groups in total. The van der Waals surface area contributed by atoms with Gasteiger partial charge in [0.2, 0.25) is 0 Å². The van der Waals surface area contributed by atoms with Gasteiger partial charge in [0.1, 0.15) is 10.3 Å². The highest BCUT2D eigenvalue weighted by Crippen LogP contribution is 2.12. The van der Waals surface area contributed by atoms with Gasteiger partial charge in [-0.1, -0.05) is 0 Å². The van der Waals surface area contributed by atoms with E-state index in [1.54, 1.807) is 24.5 Å². The van der Waals surface area contributed by atoms with Crippen LogP contribution in [0.25, 0.3) is 11.3 Å². The van der Waals surface area contributed by atoms with Crippen LogP contribution in [0.4, 0.5) is 0 Å². The van der Waals surface area contributed by atoms with Gasteiger partial charge in [-0.05, 0) is 28.1 Å². The van der Waals surface area contributed by atoms with Crippen LogP contribution in [0.5, 0.6) is 0 Å². The van der Waals surface area contributed by atoms with E-state index >= 15 is 0 Å². The van der Waals surface area contributed by atoms with Crippen LogP contribution in [0, 0.1) is 0 Å². The maximum atomic E-state index is 11.4. The van der Waals surface area contributed by atoms with Crippen molar-refractivity contribution in [1.82, 2.24) is 15.0 Å². The highest BCUT2D eigenvalue weighted by Gasteiger charge is 2.04. The van der Waals surface area contributed by atoms with Crippen LogP contribution in [0.1, 0.15) is 0 Å². The Morgan fingerprint density at radius 2 is 2.00 bits per heavy atom. The molecule has 0 aliphatic carbocycles. The number of rotatable bonds is 1. The van der Waals surface area contributed by atoms with Crippen molar-refractivity contribution in [1.29, 1.82) is 0 Å². The summed E-state index contributed by atoms with van der Waals surface area (Å²) < 4.78 is 0.601. The van der Waals surface area contributed by atoms with E-state index in [1.165, 1.54) is 6.20 Å². The molecule has 0 unspecified atom stereocenters. The van der Waals surface area contributed by atoms with Gasteiger partial charge in [0.15, 0.2) is 0 Å². The normalized spacial score (nSPS) is 10.1. The van der Waals surface area contributed by atoms with E-state index in [1.807, 2.05) is 0 Å². The number of aromatic amines is 1. The van der Waals surface area contributed by atoms with Gasteiger partial charge in [-0.25, -0.2) is 4.98 Å². The molecule has 0 aromatic carbocycles. The molecule has 2 aromatic heterocycles. The Morgan fingerprint density at radius 3 is 2.71 bits per heavy atom. The van der Waals surface area contributed by atoms with Gasteiger partial charge in [-0.15, -0.1) is 0 Å². The Kier molecular flexibility index (Phi) is 2.41. The standard InChI is InChI=1S/C9H6BrN3O/c10-7-5-12-9(14)8(13-7)6-1-3-11-4-2-6/h1-5H,(H,12,14). The maximum absolute atomic E-state index is 11.4. The van der Waals surface area contributed by atoms with Gasteiger partial charge in [-0.2, -0.15) is 0 Å². The highest BCUT2D eigenvalue weighted by atomic mass is 79.9. The zero-order valence-corrected chi connectivity index (χ0v) is 8.65. The summed E-state index contributed by atoms with van der Waals surface area (Å²) in [4.78, 5) is 22.0. The van der Waals surface area contributed by atoms with Gasteiger partial charge in [0.25, 0.3) is 5.56 Å². The van der Waals surface area contributed by atoms with Gasteiger partial charge >= 0.3 is 0 Å². The number of nitrogens with one attached hydrogen (secondary N) is 1. The molecule has 5 heteroatoms. The average molecular weight is 252 g/mol. The second-order valence-electron chi connectivity index (χ2n) is 2.64. The summed E-state index contributed by atoms with van der Waals surface area (Å²) in [6, 6.07) is 3.48. The zero-order valence-electron chi connectivity index (χ0n) is 7.07. The largest absolute Gasteiger partial charge is 0.325 e. The van der Waals surface area contributed by atoms with Crippen molar-refractivity contribution < 1.29 is 0 Å². The molecule has 70 valence electrons. The first kappa shape index (κ1) is 9.08. The number of hydrogen-bond donors (Lipinski definition) is 1. The summed E-state index contributed by atoms with van der Waals surface area (Å²) >= 11 is 3.20. The molecule has 2 rings (SSSR count). The number of hydrogen-bond acceptors (Lipinski definition) is 3. The predicted molar refractivity (Wildman–Crippen MR) is 55.8 cm³/mol. The molecule has 0 bridgehead atoms. The van der Waals surface area contributed by atoms with Crippen molar-refractivity contribution in [2.75, 3.05) is 0 Å². The van der Waals surface area contributed by atoms with Gasteiger partial charge in [-0.3, -0.25) is 9.78 Å². The fourth-order valence-electron chi connectivity index (χ4n) is 1.09. The molecule has 0 saturated carbocycles. The van der Waals surface area contributed by atoms with Crippen LogP contribution < -0.4 is 5.56 Å². The quantitative estimate of drug-likeness (QED) is 0.838. The summed E-state index contributed by atoms with van der Waals surface area (Å²) in [6.45, 7) is 0. The highest BCUT2D eigenvalue weighted by molar-refractivity contribution is 9.10. The predicted octanol–water partition coefficient (Wildman–Crippen LogP) is 1.59. The van der Waals surface area contributed by atoms with E-state index in [0.29, 0.717) is 10.3 Å². The van der Waals surface area contributed by atoms with Crippen LogP contribution in [0.2, 0.25) is 0 Å². The van der Waals surface area contributed by atoms with E-state index in [-0.39, 0.29) is 5.56 Å². The fraction of sp³-hybridized carbons (Fsp3) is 0. The van der Waals surface area contributed by atoms with Crippen LogP contribution in [-0.4, -0.2) is 15.0 Å². The molecule has 0 aliphatic heterocycles. The summed E-state index contributed by atoms with van der Waals surface area (Å²) in [7, 11) is 0. The molecule has 2 aromatic rings. The molecule has 0 amide bonds. The van der Waals surface area contributed by atoms with E-state index in [9.17, 15) is 4.79 Å². The van der Waals surface area contributed by atoms with E-state index in [4.69, 9.17) is 0 Å². The first-order chi connectivity index (χ1) is 6.77. The molecule has 0 fully saturated rings. The second kappa shape index (κ2) is 3.71. The lowest BCUT2D eigenvalue weighted by Gasteiger charge is -1.98. The SMILES string of the molecule is O=c1[nH]cc(Br)nc1-c1ccncc1. The monoisotopic (exact) mass is 251 g/mol. The van der Waals surface area contributed by atoms with Gasteiger partial charge in [0, 0.05) is 24.2 Å². The third-order valence-electron chi connectivity index (χ3n) is 1.71. The lowest BCUT2D eigenvalue weighted by atomic mass is 10.2. The van der Waals surface area contributed by atoms with Crippen molar-refractivity contribution in [2.24, 2.45) is 0 Å².